The van der Waals surface area contributed by atoms with E-state index in [1.165, 1.54) is 25.7 Å². The Kier molecular flexibility index (Phi) is 10.8. The Morgan fingerprint density at radius 1 is 1.25 bits per heavy atom. The molecular weight excluding hydrogens is 252 g/mol. The average molecular weight is 286 g/mol. The van der Waals surface area contributed by atoms with Crippen LogP contribution >= 0.6 is 0 Å². The second kappa shape index (κ2) is 11.1. The fraction of sp³-hybridized carbons (Fsp3) is 0.938. The number of carbonyl (C=O) groups excluding carboxylic acids is 1. The number of nitrogens with two attached hydrogens (primary N) is 1. The van der Waals surface area contributed by atoms with Gasteiger partial charge in [0.05, 0.1) is 11.6 Å². The molecule has 2 unspecified atom stereocenters. The van der Waals surface area contributed by atoms with Gasteiger partial charge in [0, 0.05) is 6.61 Å². The van der Waals surface area contributed by atoms with Crippen LogP contribution in [-0.2, 0) is 9.53 Å². The predicted octanol–water partition coefficient (Wildman–Crippen LogP) is 3.00. The first-order valence-corrected chi connectivity index (χ1v) is 8.12. The third-order valence-corrected chi connectivity index (χ3v) is 3.80. The molecule has 0 radical (unpaired) electrons. The zero-order valence-electron chi connectivity index (χ0n) is 13.8. The number of nitrogens with one attached hydrogen (secondary N) is 1. The average Bonchev–Trinajstić information content (AvgIpc) is 2.40. The molecule has 0 saturated heterocycles. The van der Waals surface area contributed by atoms with E-state index in [4.69, 9.17) is 10.5 Å². The Morgan fingerprint density at radius 2 is 1.95 bits per heavy atom. The van der Waals surface area contributed by atoms with Crippen molar-refractivity contribution in [3.63, 3.8) is 0 Å². The molecule has 3 N–H and O–H groups in total. The van der Waals surface area contributed by atoms with E-state index in [1.807, 2.05) is 13.8 Å². The highest BCUT2D eigenvalue weighted by atomic mass is 16.5. The molecule has 20 heavy (non-hydrogen) atoms. The van der Waals surface area contributed by atoms with E-state index in [2.05, 4.69) is 19.2 Å². The van der Waals surface area contributed by atoms with Crippen LogP contribution in [0.2, 0.25) is 0 Å². The normalized spacial score (nSPS) is 15.8. The maximum absolute atomic E-state index is 11.5. The maximum Gasteiger partial charge on any atom is 0.237 e. The van der Waals surface area contributed by atoms with Gasteiger partial charge in [-0.2, -0.15) is 0 Å². The number of hydrogen-bond donors (Lipinski definition) is 2. The quantitative estimate of drug-likeness (QED) is 0.512. The second-order valence-corrected chi connectivity index (χ2v) is 5.86. The van der Waals surface area contributed by atoms with E-state index in [0.717, 1.165) is 25.8 Å². The van der Waals surface area contributed by atoms with Gasteiger partial charge in [-0.05, 0) is 39.7 Å². The van der Waals surface area contributed by atoms with E-state index in [0.29, 0.717) is 12.7 Å². The van der Waals surface area contributed by atoms with E-state index >= 15 is 0 Å². The first-order valence-electron chi connectivity index (χ1n) is 8.12. The zero-order chi connectivity index (χ0) is 15.4. The summed E-state index contributed by atoms with van der Waals surface area (Å²) in [7, 11) is 0. The standard InChI is InChI=1S/C16H34N2O2/c1-5-7-8-9-11-14(3)20-13-10-12-16(4,15(17)19)18-6-2/h14,18H,5-13H2,1-4H3,(H2,17,19). The molecule has 4 heteroatoms. The molecule has 0 fully saturated rings. The minimum Gasteiger partial charge on any atom is -0.379 e. The molecule has 0 rings (SSSR count). The van der Waals surface area contributed by atoms with Gasteiger partial charge in [0.1, 0.15) is 0 Å². The third kappa shape index (κ3) is 8.54. The van der Waals surface area contributed by atoms with Gasteiger partial charge in [-0.25, -0.2) is 0 Å². The van der Waals surface area contributed by atoms with Gasteiger partial charge in [0.25, 0.3) is 0 Å². The van der Waals surface area contributed by atoms with Crippen LogP contribution in [0.4, 0.5) is 0 Å². The fourth-order valence-corrected chi connectivity index (χ4v) is 2.34. The lowest BCUT2D eigenvalue weighted by Gasteiger charge is -2.27. The van der Waals surface area contributed by atoms with Crippen molar-refractivity contribution in [1.82, 2.24) is 5.32 Å². The first-order chi connectivity index (χ1) is 9.46. The monoisotopic (exact) mass is 286 g/mol. The maximum atomic E-state index is 11.5. The van der Waals surface area contributed by atoms with Crippen LogP contribution < -0.4 is 11.1 Å². The van der Waals surface area contributed by atoms with Crippen molar-refractivity contribution in [2.24, 2.45) is 5.73 Å². The summed E-state index contributed by atoms with van der Waals surface area (Å²) >= 11 is 0. The van der Waals surface area contributed by atoms with Crippen molar-refractivity contribution >= 4 is 5.91 Å². The van der Waals surface area contributed by atoms with Crippen molar-refractivity contribution in [2.45, 2.75) is 84.3 Å². The zero-order valence-corrected chi connectivity index (χ0v) is 13.8. The van der Waals surface area contributed by atoms with Crippen molar-refractivity contribution in [2.75, 3.05) is 13.2 Å². The van der Waals surface area contributed by atoms with E-state index < -0.39 is 5.54 Å². The van der Waals surface area contributed by atoms with Crippen LogP contribution in [0.25, 0.3) is 0 Å². The van der Waals surface area contributed by atoms with Gasteiger partial charge < -0.3 is 15.8 Å². The van der Waals surface area contributed by atoms with Crippen LogP contribution in [-0.4, -0.2) is 30.7 Å². The highest BCUT2D eigenvalue weighted by molar-refractivity contribution is 5.84. The molecule has 0 spiro atoms. The molecular formula is C16H34N2O2. The lowest BCUT2D eigenvalue weighted by molar-refractivity contribution is -0.124. The van der Waals surface area contributed by atoms with Crippen LogP contribution in [0, 0.1) is 0 Å². The number of unbranched alkanes of at least 4 members (excludes halogenated alkanes) is 3. The van der Waals surface area contributed by atoms with Crippen molar-refractivity contribution in [3.8, 4) is 0 Å². The molecule has 0 aromatic carbocycles. The van der Waals surface area contributed by atoms with Gasteiger partial charge in [-0.3, -0.25) is 4.79 Å². The van der Waals surface area contributed by atoms with Crippen molar-refractivity contribution in [1.29, 1.82) is 0 Å². The third-order valence-electron chi connectivity index (χ3n) is 3.80. The fourth-order valence-electron chi connectivity index (χ4n) is 2.34. The molecule has 0 aliphatic rings. The highest BCUT2D eigenvalue weighted by Gasteiger charge is 2.28. The summed E-state index contributed by atoms with van der Waals surface area (Å²) in [4.78, 5) is 11.5. The number of rotatable bonds is 13. The number of primary amides is 1. The molecule has 0 bridgehead atoms. The SMILES string of the molecule is CCCCCCC(C)OCCCC(C)(NCC)C(N)=O. The van der Waals surface area contributed by atoms with Gasteiger partial charge in [0.15, 0.2) is 0 Å². The Bertz CT molecular complexity index is 259. The summed E-state index contributed by atoms with van der Waals surface area (Å²) < 4.78 is 5.80. The summed E-state index contributed by atoms with van der Waals surface area (Å²) in [5.74, 6) is -0.285. The molecule has 0 aliphatic heterocycles. The summed E-state index contributed by atoms with van der Waals surface area (Å²) in [6.07, 6.45) is 8.13. The molecule has 0 aliphatic carbocycles. The van der Waals surface area contributed by atoms with E-state index in [1.54, 1.807) is 0 Å². The van der Waals surface area contributed by atoms with Crippen LogP contribution in [0.3, 0.4) is 0 Å². The molecule has 1 amide bonds. The van der Waals surface area contributed by atoms with Gasteiger partial charge in [0.2, 0.25) is 5.91 Å². The van der Waals surface area contributed by atoms with Gasteiger partial charge in [-0.1, -0.05) is 39.5 Å². The Hall–Kier alpha value is -0.610. The summed E-state index contributed by atoms with van der Waals surface area (Å²) in [5.41, 5.74) is 4.84. The van der Waals surface area contributed by atoms with E-state index in [-0.39, 0.29) is 5.91 Å². The molecule has 0 aromatic heterocycles. The van der Waals surface area contributed by atoms with E-state index in [9.17, 15) is 4.79 Å². The largest absolute Gasteiger partial charge is 0.379 e. The Balaban J connectivity index is 3.75. The number of amides is 1. The first kappa shape index (κ1) is 19.4. The second-order valence-electron chi connectivity index (χ2n) is 5.86. The van der Waals surface area contributed by atoms with Crippen LogP contribution in [0.5, 0.6) is 0 Å². The summed E-state index contributed by atoms with van der Waals surface area (Å²) in [6.45, 7) is 9.64. The van der Waals surface area contributed by atoms with Crippen LogP contribution in [0.1, 0.15) is 72.6 Å². The number of likely N-dealkylation sites (N-methyl/N-ethyl adjacent to an activating group) is 1. The van der Waals surface area contributed by atoms with Gasteiger partial charge >= 0.3 is 0 Å². The predicted molar refractivity (Wildman–Crippen MR) is 84.7 cm³/mol. The molecule has 4 nitrogen and oxygen atoms in total. The summed E-state index contributed by atoms with van der Waals surface area (Å²) in [5, 5.41) is 3.16. The minimum atomic E-state index is -0.609. The van der Waals surface area contributed by atoms with Gasteiger partial charge in [-0.15, -0.1) is 0 Å². The number of hydrogen-bond acceptors (Lipinski definition) is 3. The minimum absolute atomic E-state index is 0.285. The molecule has 0 saturated carbocycles. The van der Waals surface area contributed by atoms with Crippen molar-refractivity contribution in [3.05, 3.63) is 0 Å². The number of ether oxygens (including phenoxy) is 1. The molecule has 0 aromatic rings. The Morgan fingerprint density at radius 3 is 2.50 bits per heavy atom. The van der Waals surface area contributed by atoms with Crippen LogP contribution in [0.15, 0.2) is 0 Å². The lowest BCUT2D eigenvalue weighted by Crippen LogP contribution is -2.53. The Labute approximate surface area is 124 Å². The lowest BCUT2D eigenvalue weighted by atomic mass is 9.95. The molecule has 120 valence electrons. The number of carbonyl (C=O) groups is 1. The highest BCUT2D eigenvalue weighted by Crippen LogP contribution is 2.13. The van der Waals surface area contributed by atoms with Crippen molar-refractivity contribution < 1.29 is 9.53 Å². The smallest absolute Gasteiger partial charge is 0.237 e. The summed E-state index contributed by atoms with van der Waals surface area (Å²) in [6, 6.07) is 0. The molecule has 2 atom stereocenters. The molecule has 0 heterocycles. The topological polar surface area (TPSA) is 64.3 Å².